The summed E-state index contributed by atoms with van der Waals surface area (Å²) < 4.78 is 4.70. The van der Waals surface area contributed by atoms with Crippen LogP contribution in [0.3, 0.4) is 0 Å². The third-order valence-electron chi connectivity index (χ3n) is 3.68. The van der Waals surface area contributed by atoms with Crippen LogP contribution in [0.5, 0.6) is 5.75 Å². The van der Waals surface area contributed by atoms with Gasteiger partial charge >= 0.3 is 11.7 Å². The van der Waals surface area contributed by atoms with Gasteiger partial charge in [0.2, 0.25) is 5.75 Å². The van der Waals surface area contributed by atoms with Gasteiger partial charge < -0.3 is 9.84 Å². The van der Waals surface area contributed by atoms with Crippen LogP contribution in [0.2, 0.25) is 0 Å². The number of methoxy groups -OCH3 is 1. The van der Waals surface area contributed by atoms with E-state index < -0.39 is 16.4 Å². The third-order valence-corrected chi connectivity index (χ3v) is 3.68. The molecule has 8 nitrogen and oxygen atoms in total. The van der Waals surface area contributed by atoms with E-state index in [9.17, 15) is 20.0 Å². The Balaban J connectivity index is 2.17. The van der Waals surface area contributed by atoms with Crippen LogP contribution in [0.15, 0.2) is 12.1 Å². The van der Waals surface area contributed by atoms with Crippen molar-refractivity contribution in [2.45, 2.75) is 13.0 Å². The number of phenols is 1. The lowest BCUT2D eigenvalue weighted by Gasteiger charge is -2.15. The van der Waals surface area contributed by atoms with Gasteiger partial charge in [-0.15, -0.1) is 0 Å². The molecule has 0 aliphatic carbocycles. The zero-order chi connectivity index (χ0) is 16.3. The number of nitro groups is 1. The molecule has 0 bridgehead atoms. The van der Waals surface area contributed by atoms with Gasteiger partial charge in [0.25, 0.3) is 0 Å². The molecule has 1 saturated heterocycles. The van der Waals surface area contributed by atoms with Gasteiger partial charge in [-0.3, -0.25) is 19.8 Å². The maximum Gasteiger partial charge on any atom is 0.312 e. The molecule has 1 aliphatic rings. The monoisotopic (exact) mass is 305 g/mol. The Labute approximate surface area is 126 Å². The van der Waals surface area contributed by atoms with Crippen LogP contribution >= 0.6 is 0 Å². The molecule has 0 amide bonds. The lowest BCUT2D eigenvalue weighted by molar-refractivity contribution is -0.386. The van der Waals surface area contributed by atoms with Gasteiger partial charge in [-0.25, -0.2) is 0 Å². The highest BCUT2D eigenvalue weighted by molar-refractivity contribution is 5.72. The summed E-state index contributed by atoms with van der Waals surface area (Å²) in [6.45, 7) is 1.53. The fourth-order valence-corrected chi connectivity index (χ4v) is 2.59. The van der Waals surface area contributed by atoms with Crippen molar-refractivity contribution in [2.75, 3.05) is 20.2 Å². The number of rotatable bonds is 4. The van der Waals surface area contributed by atoms with Crippen LogP contribution in [0.4, 0.5) is 5.69 Å². The predicted octanol–water partition coefficient (Wildman–Crippen LogP) is 1.17. The standard InChI is InChI=1S/C14H15N3O5/c1-22-14(19)10-2-3-16(8-10)7-9-4-11(6-15)13(18)12(5-9)17(20)21/h4-5,10,18H,2-3,7-8H2,1H3/t10-/m1/s1. The summed E-state index contributed by atoms with van der Waals surface area (Å²) in [5.41, 5.74) is -0.0720. The van der Waals surface area contributed by atoms with Crippen LogP contribution in [0.25, 0.3) is 0 Å². The van der Waals surface area contributed by atoms with Gasteiger partial charge in [-0.05, 0) is 24.6 Å². The molecule has 1 heterocycles. The minimum atomic E-state index is -0.721. The number of esters is 1. The minimum absolute atomic E-state index is 0.132. The lowest BCUT2D eigenvalue weighted by atomic mass is 10.1. The zero-order valence-electron chi connectivity index (χ0n) is 12.0. The van der Waals surface area contributed by atoms with Gasteiger partial charge in [0, 0.05) is 19.2 Å². The van der Waals surface area contributed by atoms with Crippen molar-refractivity contribution in [2.24, 2.45) is 5.92 Å². The summed E-state index contributed by atoms with van der Waals surface area (Å²) in [4.78, 5) is 23.6. The summed E-state index contributed by atoms with van der Waals surface area (Å²) in [5, 5.41) is 29.5. The highest BCUT2D eigenvalue weighted by Crippen LogP contribution is 2.32. The SMILES string of the molecule is COC(=O)[C@@H]1CCN(Cc2cc(C#N)c(O)c([N+](=O)[O-])c2)C1. The van der Waals surface area contributed by atoms with Crippen LogP contribution < -0.4 is 0 Å². The summed E-state index contributed by atoms with van der Waals surface area (Å²) in [7, 11) is 1.34. The molecule has 2 rings (SSSR count). The number of hydrogen-bond donors (Lipinski definition) is 1. The summed E-state index contributed by atoms with van der Waals surface area (Å²) in [5.74, 6) is -1.09. The van der Waals surface area contributed by atoms with E-state index in [1.165, 1.54) is 19.2 Å². The second-order valence-corrected chi connectivity index (χ2v) is 5.12. The van der Waals surface area contributed by atoms with E-state index in [4.69, 9.17) is 10.00 Å². The van der Waals surface area contributed by atoms with Gasteiger partial charge in [0.15, 0.2) is 0 Å². The molecule has 8 heteroatoms. The molecule has 1 atom stereocenters. The van der Waals surface area contributed by atoms with E-state index in [0.29, 0.717) is 31.6 Å². The molecule has 0 unspecified atom stereocenters. The normalized spacial score (nSPS) is 17.9. The van der Waals surface area contributed by atoms with Gasteiger partial charge in [-0.1, -0.05) is 0 Å². The van der Waals surface area contributed by atoms with Crippen molar-refractivity contribution in [1.29, 1.82) is 5.26 Å². The molecular formula is C14H15N3O5. The number of hydrogen-bond acceptors (Lipinski definition) is 7. The molecule has 1 fully saturated rings. The number of aromatic hydroxyl groups is 1. The van der Waals surface area contributed by atoms with E-state index in [1.54, 1.807) is 6.07 Å². The number of nitriles is 1. The number of benzene rings is 1. The Morgan fingerprint density at radius 3 is 2.95 bits per heavy atom. The van der Waals surface area contributed by atoms with Crippen LogP contribution in [-0.4, -0.2) is 41.1 Å². The number of carbonyl (C=O) groups is 1. The first-order valence-electron chi connectivity index (χ1n) is 6.66. The first-order chi connectivity index (χ1) is 10.5. The first-order valence-corrected chi connectivity index (χ1v) is 6.66. The number of carbonyl (C=O) groups excluding carboxylic acids is 1. The van der Waals surface area contributed by atoms with Crippen molar-refractivity contribution < 1.29 is 19.6 Å². The highest BCUT2D eigenvalue weighted by Gasteiger charge is 2.29. The Bertz CT molecular complexity index is 653. The quantitative estimate of drug-likeness (QED) is 0.504. The number of ether oxygens (including phenoxy) is 1. The Morgan fingerprint density at radius 1 is 1.64 bits per heavy atom. The van der Waals surface area contributed by atoms with Crippen LogP contribution in [0, 0.1) is 27.4 Å². The second-order valence-electron chi connectivity index (χ2n) is 5.12. The average molecular weight is 305 g/mol. The molecule has 0 radical (unpaired) electrons. The van der Waals surface area contributed by atoms with Crippen LogP contribution in [-0.2, 0) is 16.1 Å². The predicted molar refractivity (Wildman–Crippen MR) is 74.9 cm³/mol. The van der Waals surface area contributed by atoms with E-state index >= 15 is 0 Å². The molecule has 22 heavy (non-hydrogen) atoms. The lowest BCUT2D eigenvalue weighted by Crippen LogP contribution is -2.23. The van der Waals surface area contributed by atoms with Crippen molar-refractivity contribution in [1.82, 2.24) is 4.90 Å². The smallest absolute Gasteiger partial charge is 0.312 e. The number of likely N-dealkylation sites (tertiary alicyclic amines) is 1. The second kappa shape index (κ2) is 6.41. The molecule has 1 N–H and O–H groups in total. The molecule has 0 aromatic heterocycles. The fraction of sp³-hybridized carbons (Fsp3) is 0.429. The molecule has 1 aromatic rings. The topological polar surface area (TPSA) is 117 Å². The van der Waals surface area contributed by atoms with Crippen LogP contribution in [0.1, 0.15) is 17.5 Å². The van der Waals surface area contributed by atoms with Crippen molar-refractivity contribution in [3.8, 4) is 11.8 Å². The third kappa shape index (κ3) is 3.15. The molecule has 0 saturated carbocycles. The average Bonchev–Trinajstić information content (AvgIpc) is 2.96. The van der Waals surface area contributed by atoms with Gasteiger partial charge in [-0.2, -0.15) is 5.26 Å². The Kier molecular flexibility index (Phi) is 4.58. The summed E-state index contributed by atoms with van der Waals surface area (Å²) in [6, 6.07) is 4.42. The first kappa shape index (κ1) is 15.7. The van der Waals surface area contributed by atoms with E-state index in [1.807, 2.05) is 4.90 Å². The van der Waals surface area contributed by atoms with Crippen molar-refractivity contribution >= 4 is 11.7 Å². The number of nitro benzene ring substituents is 1. The minimum Gasteiger partial charge on any atom is -0.501 e. The molecule has 116 valence electrons. The van der Waals surface area contributed by atoms with E-state index in [2.05, 4.69) is 0 Å². The maximum atomic E-state index is 11.5. The van der Waals surface area contributed by atoms with Crippen molar-refractivity contribution in [3.63, 3.8) is 0 Å². The molecular weight excluding hydrogens is 290 g/mol. The summed E-state index contributed by atoms with van der Waals surface area (Å²) >= 11 is 0. The zero-order valence-corrected chi connectivity index (χ0v) is 12.0. The Morgan fingerprint density at radius 2 is 2.36 bits per heavy atom. The fourth-order valence-electron chi connectivity index (χ4n) is 2.59. The molecule has 1 aliphatic heterocycles. The van der Waals surface area contributed by atoms with Gasteiger partial charge in [0.05, 0.1) is 18.0 Å². The summed E-state index contributed by atoms with van der Waals surface area (Å²) in [6.07, 6.45) is 0.665. The Hall–Kier alpha value is -2.66. The maximum absolute atomic E-state index is 11.5. The largest absolute Gasteiger partial charge is 0.501 e. The van der Waals surface area contributed by atoms with E-state index in [0.717, 1.165) is 0 Å². The van der Waals surface area contributed by atoms with Crippen molar-refractivity contribution in [3.05, 3.63) is 33.4 Å². The van der Waals surface area contributed by atoms with Gasteiger partial charge in [0.1, 0.15) is 11.6 Å². The molecule has 1 aromatic carbocycles. The molecule has 0 spiro atoms. The number of phenolic OH excluding ortho intramolecular Hbond substituents is 1. The van der Waals surface area contributed by atoms with E-state index in [-0.39, 0.29) is 17.5 Å². The highest BCUT2D eigenvalue weighted by atomic mass is 16.6. The number of nitrogens with zero attached hydrogens (tertiary/aromatic N) is 3.